The Hall–Kier alpha value is -2.43. The molecule has 0 aliphatic rings. The molecule has 4 rings (SSSR count). The van der Waals surface area contributed by atoms with Gasteiger partial charge in [-0.25, -0.2) is 4.98 Å². The number of fused-ring (bicyclic) bond motifs is 2. The number of nitrogens with zero attached hydrogens (tertiary/aromatic N) is 2. The minimum atomic E-state index is 0.717. The van der Waals surface area contributed by atoms with E-state index in [9.17, 15) is 0 Å². The molecular weight excluding hydrogens is 364 g/mol. The molecule has 0 bridgehead atoms. The Bertz CT molecular complexity index is 1060. The lowest BCUT2D eigenvalue weighted by atomic mass is 10.0. The zero-order chi connectivity index (χ0) is 19.3. The largest absolute Gasteiger partial charge is 0.492 e. The van der Waals surface area contributed by atoms with E-state index >= 15 is 0 Å². The number of ether oxygens (including phenoxy) is 1. The molecule has 3 aromatic carbocycles. The SMILES string of the molecule is CCN(CC)CCOc1ccc2nc(Cc3cccc4ccccc34)sc2c1. The van der Waals surface area contributed by atoms with Crippen LogP contribution in [0, 0.1) is 0 Å². The fourth-order valence-electron chi connectivity index (χ4n) is 3.56. The van der Waals surface area contributed by atoms with E-state index in [0.717, 1.165) is 48.9 Å². The molecule has 3 nitrogen and oxygen atoms in total. The first kappa shape index (κ1) is 18.9. The van der Waals surface area contributed by atoms with Crippen LogP contribution in [0.15, 0.2) is 60.7 Å². The van der Waals surface area contributed by atoms with Gasteiger partial charge in [0.2, 0.25) is 0 Å². The molecule has 0 spiro atoms. The van der Waals surface area contributed by atoms with Crippen LogP contribution in [0.2, 0.25) is 0 Å². The summed E-state index contributed by atoms with van der Waals surface area (Å²) in [6, 6.07) is 21.3. The molecular formula is C24H26N2OS. The van der Waals surface area contributed by atoms with E-state index in [-0.39, 0.29) is 0 Å². The minimum absolute atomic E-state index is 0.717. The normalized spacial score (nSPS) is 11.5. The topological polar surface area (TPSA) is 25.4 Å². The quantitative estimate of drug-likeness (QED) is 0.382. The molecule has 0 aliphatic carbocycles. The first-order chi connectivity index (χ1) is 13.8. The number of thiazole rings is 1. The van der Waals surface area contributed by atoms with Crippen LogP contribution >= 0.6 is 11.3 Å². The van der Waals surface area contributed by atoms with E-state index in [1.807, 2.05) is 6.07 Å². The fourth-order valence-corrected chi connectivity index (χ4v) is 4.58. The first-order valence-electron chi connectivity index (χ1n) is 9.98. The summed E-state index contributed by atoms with van der Waals surface area (Å²) in [5, 5.41) is 3.74. The van der Waals surface area contributed by atoms with Crippen molar-refractivity contribution in [2.75, 3.05) is 26.2 Å². The molecule has 1 heterocycles. The van der Waals surface area contributed by atoms with Gasteiger partial charge in [-0.05, 0) is 47.6 Å². The highest BCUT2D eigenvalue weighted by Gasteiger charge is 2.09. The second kappa shape index (κ2) is 8.72. The Labute approximate surface area is 170 Å². The molecule has 0 amide bonds. The van der Waals surface area contributed by atoms with Gasteiger partial charge in [0.05, 0.1) is 15.2 Å². The van der Waals surface area contributed by atoms with E-state index in [2.05, 4.69) is 73.3 Å². The van der Waals surface area contributed by atoms with Gasteiger partial charge in [0.25, 0.3) is 0 Å². The molecule has 28 heavy (non-hydrogen) atoms. The number of rotatable bonds is 8. The van der Waals surface area contributed by atoms with Crippen molar-refractivity contribution in [2.45, 2.75) is 20.3 Å². The van der Waals surface area contributed by atoms with Crippen LogP contribution in [-0.2, 0) is 6.42 Å². The van der Waals surface area contributed by atoms with Gasteiger partial charge in [0.15, 0.2) is 0 Å². The second-order valence-electron chi connectivity index (χ2n) is 6.93. The lowest BCUT2D eigenvalue weighted by Gasteiger charge is -2.17. The van der Waals surface area contributed by atoms with Crippen molar-refractivity contribution in [1.29, 1.82) is 0 Å². The highest BCUT2D eigenvalue weighted by molar-refractivity contribution is 7.18. The van der Waals surface area contributed by atoms with Gasteiger partial charge < -0.3 is 9.64 Å². The third-order valence-corrected chi connectivity index (χ3v) is 6.21. The third-order valence-electron chi connectivity index (χ3n) is 5.20. The third kappa shape index (κ3) is 4.18. The summed E-state index contributed by atoms with van der Waals surface area (Å²) in [6.45, 7) is 8.17. The van der Waals surface area contributed by atoms with Gasteiger partial charge >= 0.3 is 0 Å². The van der Waals surface area contributed by atoms with Gasteiger partial charge in [-0.15, -0.1) is 11.3 Å². The summed E-state index contributed by atoms with van der Waals surface area (Å²) >= 11 is 1.76. The van der Waals surface area contributed by atoms with Crippen molar-refractivity contribution in [3.05, 3.63) is 71.2 Å². The maximum atomic E-state index is 5.97. The van der Waals surface area contributed by atoms with Crippen molar-refractivity contribution in [3.8, 4) is 5.75 Å². The Morgan fingerprint density at radius 1 is 0.964 bits per heavy atom. The molecule has 0 radical (unpaired) electrons. The van der Waals surface area contributed by atoms with E-state index in [1.54, 1.807) is 11.3 Å². The average molecular weight is 391 g/mol. The molecule has 0 fully saturated rings. The molecule has 144 valence electrons. The average Bonchev–Trinajstić information content (AvgIpc) is 3.13. The van der Waals surface area contributed by atoms with E-state index in [1.165, 1.54) is 21.0 Å². The van der Waals surface area contributed by atoms with Gasteiger partial charge in [0, 0.05) is 13.0 Å². The minimum Gasteiger partial charge on any atom is -0.492 e. The second-order valence-corrected chi connectivity index (χ2v) is 8.04. The smallest absolute Gasteiger partial charge is 0.120 e. The van der Waals surface area contributed by atoms with Crippen LogP contribution in [0.4, 0.5) is 0 Å². The summed E-state index contributed by atoms with van der Waals surface area (Å²) in [7, 11) is 0. The molecule has 0 unspecified atom stereocenters. The summed E-state index contributed by atoms with van der Waals surface area (Å²) in [5.74, 6) is 0.931. The van der Waals surface area contributed by atoms with Crippen LogP contribution in [0.1, 0.15) is 24.4 Å². The summed E-state index contributed by atoms with van der Waals surface area (Å²) in [4.78, 5) is 7.21. The maximum absolute atomic E-state index is 5.97. The molecule has 4 aromatic rings. The summed E-state index contributed by atoms with van der Waals surface area (Å²) in [6.07, 6.45) is 0.860. The summed E-state index contributed by atoms with van der Waals surface area (Å²) in [5.41, 5.74) is 2.38. The first-order valence-corrected chi connectivity index (χ1v) is 10.8. The van der Waals surface area contributed by atoms with Gasteiger partial charge in [-0.1, -0.05) is 56.3 Å². The number of hydrogen-bond donors (Lipinski definition) is 0. The van der Waals surface area contributed by atoms with Gasteiger partial charge in [0.1, 0.15) is 12.4 Å². The van der Waals surface area contributed by atoms with Crippen molar-refractivity contribution >= 4 is 32.3 Å². The molecule has 0 N–H and O–H groups in total. The van der Waals surface area contributed by atoms with Crippen molar-refractivity contribution < 1.29 is 4.74 Å². The van der Waals surface area contributed by atoms with Crippen molar-refractivity contribution in [3.63, 3.8) is 0 Å². The Morgan fingerprint density at radius 3 is 2.64 bits per heavy atom. The molecule has 4 heteroatoms. The molecule has 0 aliphatic heterocycles. The number of aromatic nitrogens is 1. The van der Waals surface area contributed by atoms with Crippen LogP contribution in [0.5, 0.6) is 5.75 Å². The van der Waals surface area contributed by atoms with Crippen LogP contribution < -0.4 is 4.74 Å². The van der Waals surface area contributed by atoms with E-state index < -0.39 is 0 Å². The molecule has 0 atom stereocenters. The van der Waals surface area contributed by atoms with Gasteiger partial charge in [-0.2, -0.15) is 0 Å². The molecule has 0 saturated carbocycles. The van der Waals surface area contributed by atoms with E-state index in [0.29, 0.717) is 0 Å². The zero-order valence-corrected chi connectivity index (χ0v) is 17.3. The Morgan fingerprint density at radius 2 is 1.79 bits per heavy atom. The molecule has 1 aromatic heterocycles. The lowest BCUT2D eigenvalue weighted by molar-refractivity contribution is 0.223. The maximum Gasteiger partial charge on any atom is 0.120 e. The number of hydrogen-bond acceptors (Lipinski definition) is 4. The summed E-state index contributed by atoms with van der Waals surface area (Å²) < 4.78 is 7.16. The highest BCUT2D eigenvalue weighted by atomic mass is 32.1. The monoisotopic (exact) mass is 390 g/mol. The van der Waals surface area contributed by atoms with Crippen LogP contribution in [0.3, 0.4) is 0 Å². The van der Waals surface area contributed by atoms with Crippen LogP contribution in [-0.4, -0.2) is 36.1 Å². The lowest BCUT2D eigenvalue weighted by Crippen LogP contribution is -2.27. The van der Waals surface area contributed by atoms with Crippen LogP contribution in [0.25, 0.3) is 21.0 Å². The molecule has 0 saturated heterocycles. The van der Waals surface area contributed by atoms with Crippen molar-refractivity contribution in [1.82, 2.24) is 9.88 Å². The predicted molar refractivity (Wildman–Crippen MR) is 120 cm³/mol. The number of benzene rings is 3. The zero-order valence-electron chi connectivity index (χ0n) is 16.5. The fraction of sp³-hybridized carbons (Fsp3) is 0.292. The van der Waals surface area contributed by atoms with Gasteiger partial charge in [-0.3, -0.25) is 0 Å². The number of likely N-dealkylation sites (N-methyl/N-ethyl adjacent to an activating group) is 1. The predicted octanol–water partition coefficient (Wildman–Crippen LogP) is 5.76. The standard InChI is InChI=1S/C24H26N2OS/c1-3-26(4-2)14-15-27-20-12-13-22-23(17-20)28-24(25-22)16-19-10-7-9-18-8-5-6-11-21(18)19/h5-13,17H,3-4,14-16H2,1-2H3. The van der Waals surface area contributed by atoms with Crippen molar-refractivity contribution in [2.24, 2.45) is 0 Å². The Balaban J connectivity index is 1.50. The van der Waals surface area contributed by atoms with E-state index in [4.69, 9.17) is 9.72 Å². The highest BCUT2D eigenvalue weighted by Crippen LogP contribution is 2.29. The Kier molecular flexibility index (Phi) is 5.89.